The molecule has 1 aromatic heterocycles. The third-order valence-electron chi connectivity index (χ3n) is 2.82. The molecule has 0 bridgehead atoms. The van der Waals surface area contributed by atoms with Gasteiger partial charge in [-0.2, -0.15) is 5.10 Å². The minimum absolute atomic E-state index is 0.988. The fraction of sp³-hybridized carbons (Fsp3) is 0.308. The predicted molar refractivity (Wildman–Crippen MR) is 72.5 cm³/mol. The highest BCUT2D eigenvalue weighted by atomic mass is 15.3. The molecule has 17 heavy (non-hydrogen) atoms. The molecule has 2 aromatic rings. The van der Waals surface area contributed by atoms with Crippen molar-refractivity contribution < 1.29 is 0 Å². The number of anilines is 2. The largest absolute Gasteiger partial charge is 0.378 e. The number of aryl methyl sites for hydroxylation is 1. The van der Waals surface area contributed by atoms with Gasteiger partial charge in [-0.25, -0.2) is 0 Å². The van der Waals surface area contributed by atoms with Crippen LogP contribution < -0.4 is 10.2 Å². The minimum Gasteiger partial charge on any atom is -0.378 e. The van der Waals surface area contributed by atoms with Crippen LogP contribution >= 0.6 is 0 Å². The number of rotatable bonds is 3. The van der Waals surface area contributed by atoms with Crippen LogP contribution in [0.3, 0.4) is 0 Å². The first kappa shape index (κ1) is 11.5. The molecule has 0 unspecified atom stereocenters. The fourth-order valence-electron chi connectivity index (χ4n) is 1.77. The van der Waals surface area contributed by atoms with Crippen LogP contribution in [0.4, 0.5) is 11.5 Å². The second-order valence-corrected chi connectivity index (χ2v) is 4.23. The van der Waals surface area contributed by atoms with Gasteiger partial charge in [-0.1, -0.05) is 12.1 Å². The highest BCUT2D eigenvalue weighted by molar-refractivity contribution is 5.65. The lowest BCUT2D eigenvalue weighted by atomic mass is 10.1. The van der Waals surface area contributed by atoms with E-state index in [1.807, 2.05) is 38.9 Å². The Balaban J connectivity index is 2.33. The quantitative estimate of drug-likeness (QED) is 0.877. The first-order valence-corrected chi connectivity index (χ1v) is 5.61. The summed E-state index contributed by atoms with van der Waals surface area (Å²) in [5.41, 5.74) is 3.31. The Morgan fingerprint density at radius 2 is 1.82 bits per heavy atom. The van der Waals surface area contributed by atoms with Crippen LogP contribution in [0.5, 0.6) is 0 Å². The van der Waals surface area contributed by atoms with Gasteiger partial charge in [0, 0.05) is 45.5 Å². The van der Waals surface area contributed by atoms with Crippen molar-refractivity contribution in [1.82, 2.24) is 9.78 Å². The maximum absolute atomic E-state index is 4.47. The molecule has 0 fully saturated rings. The zero-order chi connectivity index (χ0) is 12.4. The van der Waals surface area contributed by atoms with Gasteiger partial charge in [0.15, 0.2) is 0 Å². The molecule has 4 nitrogen and oxygen atoms in total. The van der Waals surface area contributed by atoms with Gasteiger partial charge in [-0.15, -0.1) is 0 Å². The summed E-state index contributed by atoms with van der Waals surface area (Å²) in [6.45, 7) is 0. The molecule has 90 valence electrons. The zero-order valence-corrected chi connectivity index (χ0v) is 10.7. The predicted octanol–water partition coefficient (Wildman–Crippen LogP) is 2.19. The van der Waals surface area contributed by atoms with Crippen molar-refractivity contribution in [3.05, 3.63) is 30.3 Å². The number of benzene rings is 1. The summed E-state index contributed by atoms with van der Waals surface area (Å²) in [4.78, 5) is 2.08. The second-order valence-electron chi connectivity index (χ2n) is 4.23. The molecule has 1 aromatic carbocycles. The van der Waals surface area contributed by atoms with Gasteiger partial charge in [0.05, 0.1) is 5.69 Å². The first-order chi connectivity index (χ1) is 8.11. The lowest BCUT2D eigenvalue weighted by molar-refractivity contribution is 0.778. The molecule has 1 heterocycles. The van der Waals surface area contributed by atoms with E-state index in [0.717, 1.165) is 17.1 Å². The third-order valence-corrected chi connectivity index (χ3v) is 2.82. The van der Waals surface area contributed by atoms with E-state index >= 15 is 0 Å². The van der Waals surface area contributed by atoms with Crippen molar-refractivity contribution in [1.29, 1.82) is 0 Å². The molecule has 1 N–H and O–H groups in total. The van der Waals surface area contributed by atoms with E-state index in [0.29, 0.717) is 0 Å². The summed E-state index contributed by atoms with van der Waals surface area (Å²) < 4.78 is 1.84. The average molecular weight is 230 g/mol. The van der Waals surface area contributed by atoms with Crippen LogP contribution in [-0.4, -0.2) is 30.9 Å². The summed E-state index contributed by atoms with van der Waals surface area (Å²) in [5.74, 6) is 1.01. The van der Waals surface area contributed by atoms with Crippen LogP contribution in [0, 0.1) is 0 Å². The number of hydrogen-bond donors (Lipinski definition) is 1. The summed E-state index contributed by atoms with van der Waals surface area (Å²) in [6.07, 6.45) is 0. The number of aromatic nitrogens is 2. The van der Waals surface area contributed by atoms with Crippen molar-refractivity contribution in [2.45, 2.75) is 0 Å². The lowest BCUT2D eigenvalue weighted by Gasteiger charge is -2.12. The van der Waals surface area contributed by atoms with Crippen molar-refractivity contribution in [2.24, 2.45) is 7.05 Å². The summed E-state index contributed by atoms with van der Waals surface area (Å²) in [6, 6.07) is 10.4. The summed E-state index contributed by atoms with van der Waals surface area (Å²) >= 11 is 0. The van der Waals surface area contributed by atoms with E-state index in [9.17, 15) is 0 Å². The van der Waals surface area contributed by atoms with E-state index < -0.39 is 0 Å². The Bertz CT molecular complexity index is 497. The van der Waals surface area contributed by atoms with E-state index in [1.54, 1.807) is 0 Å². The van der Waals surface area contributed by atoms with Gasteiger partial charge in [0.2, 0.25) is 0 Å². The highest BCUT2D eigenvalue weighted by Crippen LogP contribution is 2.23. The average Bonchev–Trinajstić information content (AvgIpc) is 2.70. The molecule has 0 saturated heterocycles. The standard InChI is InChI=1S/C13H18N4/c1-14-13-9-12(15-17(13)4)10-5-7-11(8-6-10)16(2)3/h5-9,14H,1-4H3. The molecule has 0 aliphatic carbocycles. The molecule has 0 aliphatic rings. The SMILES string of the molecule is CNc1cc(-c2ccc(N(C)C)cc2)nn1C. The topological polar surface area (TPSA) is 33.1 Å². The van der Waals surface area contributed by atoms with E-state index in [4.69, 9.17) is 0 Å². The molecule has 4 heteroatoms. The molecule has 0 atom stereocenters. The molecule has 0 aliphatic heterocycles. The van der Waals surface area contributed by atoms with Crippen molar-refractivity contribution in [3.63, 3.8) is 0 Å². The maximum atomic E-state index is 4.47. The van der Waals surface area contributed by atoms with Gasteiger partial charge in [-0.3, -0.25) is 4.68 Å². The van der Waals surface area contributed by atoms with Gasteiger partial charge < -0.3 is 10.2 Å². The van der Waals surface area contributed by atoms with Gasteiger partial charge in [-0.05, 0) is 12.1 Å². The van der Waals surface area contributed by atoms with Crippen LogP contribution in [-0.2, 0) is 7.05 Å². The summed E-state index contributed by atoms with van der Waals surface area (Å²) in [7, 11) is 7.91. The van der Waals surface area contributed by atoms with E-state index in [2.05, 4.69) is 39.6 Å². The van der Waals surface area contributed by atoms with Gasteiger partial charge in [0.25, 0.3) is 0 Å². The highest BCUT2D eigenvalue weighted by Gasteiger charge is 2.06. The minimum atomic E-state index is 0.988. The van der Waals surface area contributed by atoms with E-state index in [-0.39, 0.29) is 0 Å². The van der Waals surface area contributed by atoms with Crippen molar-refractivity contribution in [2.75, 3.05) is 31.4 Å². The molecule has 0 saturated carbocycles. The number of nitrogens with one attached hydrogen (secondary N) is 1. The van der Waals surface area contributed by atoms with E-state index in [1.165, 1.54) is 5.69 Å². The number of nitrogens with zero attached hydrogens (tertiary/aromatic N) is 3. The Kier molecular flexibility index (Phi) is 3.04. The smallest absolute Gasteiger partial charge is 0.124 e. The molecule has 0 amide bonds. The van der Waals surface area contributed by atoms with Crippen LogP contribution in [0.15, 0.2) is 30.3 Å². The Hall–Kier alpha value is -1.97. The third kappa shape index (κ3) is 2.25. The Morgan fingerprint density at radius 1 is 1.18 bits per heavy atom. The van der Waals surface area contributed by atoms with Crippen molar-refractivity contribution in [3.8, 4) is 11.3 Å². The van der Waals surface area contributed by atoms with Gasteiger partial charge in [0.1, 0.15) is 5.82 Å². The van der Waals surface area contributed by atoms with Crippen LogP contribution in [0.1, 0.15) is 0 Å². The molecule has 2 rings (SSSR count). The van der Waals surface area contributed by atoms with Crippen LogP contribution in [0.2, 0.25) is 0 Å². The molecular formula is C13H18N4. The maximum Gasteiger partial charge on any atom is 0.124 e. The van der Waals surface area contributed by atoms with Crippen molar-refractivity contribution >= 4 is 11.5 Å². The molecule has 0 radical (unpaired) electrons. The van der Waals surface area contributed by atoms with Gasteiger partial charge >= 0.3 is 0 Å². The van der Waals surface area contributed by atoms with Crippen LogP contribution in [0.25, 0.3) is 11.3 Å². The lowest BCUT2D eigenvalue weighted by Crippen LogP contribution is -2.07. The second kappa shape index (κ2) is 4.49. The normalized spacial score (nSPS) is 10.4. The molecule has 0 spiro atoms. The zero-order valence-electron chi connectivity index (χ0n) is 10.7. The number of hydrogen-bond acceptors (Lipinski definition) is 3. The Morgan fingerprint density at radius 3 is 2.29 bits per heavy atom. The Labute approximate surface area is 102 Å². The fourth-order valence-corrected chi connectivity index (χ4v) is 1.77. The monoisotopic (exact) mass is 230 g/mol. The molecular weight excluding hydrogens is 212 g/mol. The summed E-state index contributed by atoms with van der Waals surface area (Å²) in [5, 5.41) is 7.57. The first-order valence-electron chi connectivity index (χ1n) is 5.61.